The minimum absolute atomic E-state index is 0.727. The lowest BCUT2D eigenvalue weighted by Gasteiger charge is -2.00. The Morgan fingerprint density at radius 2 is 2.33 bits per heavy atom. The Morgan fingerprint density at radius 3 is 3.00 bits per heavy atom. The van der Waals surface area contributed by atoms with Gasteiger partial charge in [-0.2, -0.15) is 5.26 Å². The van der Waals surface area contributed by atoms with Gasteiger partial charge in [0.15, 0.2) is 0 Å². The smallest absolute Gasteiger partial charge is 0.0991 e. The average molecular weight is 160 g/mol. The zero-order valence-corrected chi connectivity index (χ0v) is 7.17. The molecule has 0 fully saturated rings. The molecule has 0 bridgehead atoms. The Morgan fingerprint density at radius 1 is 1.50 bits per heavy atom. The molecule has 0 saturated heterocycles. The first-order valence-electron chi connectivity index (χ1n) is 4.06. The molecule has 0 saturated carbocycles. The van der Waals surface area contributed by atoms with Crippen LogP contribution in [0.25, 0.3) is 0 Å². The van der Waals surface area contributed by atoms with Crippen molar-refractivity contribution in [2.75, 3.05) is 6.54 Å². The first-order chi connectivity index (χ1) is 5.86. The van der Waals surface area contributed by atoms with Crippen LogP contribution in [0.4, 0.5) is 0 Å². The SMILES string of the molecule is CCNCc1cccc(C#N)c1. The Hall–Kier alpha value is -1.33. The molecule has 2 heteroatoms. The van der Waals surface area contributed by atoms with Gasteiger partial charge in [-0.05, 0) is 24.2 Å². The minimum Gasteiger partial charge on any atom is -0.313 e. The van der Waals surface area contributed by atoms with E-state index in [1.165, 1.54) is 0 Å². The van der Waals surface area contributed by atoms with E-state index in [1.807, 2.05) is 24.3 Å². The van der Waals surface area contributed by atoms with Crippen LogP contribution in [0.1, 0.15) is 18.1 Å². The summed E-state index contributed by atoms with van der Waals surface area (Å²) in [6, 6.07) is 9.76. The molecule has 0 radical (unpaired) electrons. The fourth-order valence-corrected chi connectivity index (χ4v) is 1.02. The van der Waals surface area contributed by atoms with E-state index in [4.69, 9.17) is 5.26 Å². The van der Waals surface area contributed by atoms with E-state index in [-0.39, 0.29) is 0 Å². The van der Waals surface area contributed by atoms with Gasteiger partial charge in [-0.3, -0.25) is 0 Å². The summed E-state index contributed by atoms with van der Waals surface area (Å²) in [6.45, 7) is 3.86. The predicted molar refractivity (Wildman–Crippen MR) is 48.5 cm³/mol. The van der Waals surface area contributed by atoms with Gasteiger partial charge in [0, 0.05) is 6.54 Å². The largest absolute Gasteiger partial charge is 0.313 e. The zero-order chi connectivity index (χ0) is 8.81. The number of nitriles is 1. The molecule has 0 aliphatic rings. The minimum atomic E-state index is 0.727. The van der Waals surface area contributed by atoms with Gasteiger partial charge in [0.1, 0.15) is 0 Å². The second-order valence-corrected chi connectivity index (χ2v) is 2.59. The monoisotopic (exact) mass is 160 g/mol. The molecule has 0 unspecified atom stereocenters. The Labute approximate surface area is 72.8 Å². The van der Waals surface area contributed by atoms with E-state index in [1.54, 1.807) is 0 Å². The fourth-order valence-electron chi connectivity index (χ4n) is 1.02. The second-order valence-electron chi connectivity index (χ2n) is 2.59. The number of benzene rings is 1. The molecule has 0 amide bonds. The topological polar surface area (TPSA) is 35.8 Å². The normalized spacial score (nSPS) is 9.33. The molecule has 1 aromatic rings. The van der Waals surface area contributed by atoms with Crippen molar-refractivity contribution < 1.29 is 0 Å². The number of rotatable bonds is 3. The Bertz CT molecular complexity index is 286. The summed E-state index contributed by atoms with van der Waals surface area (Å²) in [5.74, 6) is 0. The van der Waals surface area contributed by atoms with Gasteiger partial charge in [0.05, 0.1) is 11.6 Å². The quantitative estimate of drug-likeness (QED) is 0.730. The first-order valence-corrected chi connectivity index (χ1v) is 4.06. The fraction of sp³-hybridized carbons (Fsp3) is 0.300. The van der Waals surface area contributed by atoms with Crippen LogP contribution in [0.15, 0.2) is 24.3 Å². The molecule has 0 spiro atoms. The molecule has 0 aromatic heterocycles. The maximum atomic E-state index is 8.62. The highest BCUT2D eigenvalue weighted by Gasteiger charge is 1.92. The average Bonchev–Trinajstić information content (AvgIpc) is 2.15. The standard InChI is InChI=1S/C10H12N2/c1-2-12-8-10-5-3-4-9(6-10)7-11/h3-6,12H,2,8H2,1H3. The van der Waals surface area contributed by atoms with Crippen LogP contribution in [0.2, 0.25) is 0 Å². The van der Waals surface area contributed by atoms with E-state index < -0.39 is 0 Å². The summed E-state index contributed by atoms with van der Waals surface area (Å²) < 4.78 is 0. The summed E-state index contributed by atoms with van der Waals surface area (Å²) in [5.41, 5.74) is 1.89. The third-order valence-electron chi connectivity index (χ3n) is 1.64. The van der Waals surface area contributed by atoms with Gasteiger partial charge in [0.2, 0.25) is 0 Å². The molecular formula is C10H12N2. The van der Waals surface area contributed by atoms with Crippen molar-refractivity contribution in [2.45, 2.75) is 13.5 Å². The third-order valence-corrected chi connectivity index (χ3v) is 1.64. The number of hydrogen-bond donors (Lipinski definition) is 1. The third kappa shape index (κ3) is 2.37. The van der Waals surface area contributed by atoms with Crippen LogP contribution in [-0.2, 0) is 6.54 Å². The van der Waals surface area contributed by atoms with Crippen molar-refractivity contribution in [1.29, 1.82) is 5.26 Å². The van der Waals surface area contributed by atoms with Crippen molar-refractivity contribution in [3.63, 3.8) is 0 Å². The molecule has 0 aliphatic carbocycles. The van der Waals surface area contributed by atoms with E-state index in [9.17, 15) is 0 Å². The van der Waals surface area contributed by atoms with E-state index in [2.05, 4.69) is 18.3 Å². The van der Waals surface area contributed by atoms with Crippen LogP contribution < -0.4 is 5.32 Å². The van der Waals surface area contributed by atoms with Crippen LogP contribution in [-0.4, -0.2) is 6.54 Å². The van der Waals surface area contributed by atoms with E-state index in [0.29, 0.717) is 0 Å². The van der Waals surface area contributed by atoms with E-state index >= 15 is 0 Å². The highest BCUT2D eigenvalue weighted by molar-refractivity contribution is 5.32. The lowest BCUT2D eigenvalue weighted by Crippen LogP contribution is -2.11. The van der Waals surface area contributed by atoms with Gasteiger partial charge in [-0.1, -0.05) is 19.1 Å². The van der Waals surface area contributed by atoms with Crippen molar-refractivity contribution in [1.82, 2.24) is 5.32 Å². The summed E-state index contributed by atoms with van der Waals surface area (Å²) >= 11 is 0. The molecule has 0 aliphatic heterocycles. The summed E-state index contributed by atoms with van der Waals surface area (Å²) in [4.78, 5) is 0. The first kappa shape index (κ1) is 8.76. The Balaban J connectivity index is 2.68. The lowest BCUT2D eigenvalue weighted by molar-refractivity contribution is 0.727. The van der Waals surface area contributed by atoms with Gasteiger partial charge >= 0.3 is 0 Å². The number of nitrogens with one attached hydrogen (secondary N) is 1. The Kier molecular flexibility index (Phi) is 3.31. The molecule has 1 N–H and O–H groups in total. The van der Waals surface area contributed by atoms with Crippen molar-refractivity contribution in [3.05, 3.63) is 35.4 Å². The molecule has 1 rings (SSSR count). The lowest BCUT2D eigenvalue weighted by atomic mass is 10.1. The highest BCUT2D eigenvalue weighted by atomic mass is 14.8. The number of nitrogens with zero attached hydrogens (tertiary/aromatic N) is 1. The molecular weight excluding hydrogens is 148 g/mol. The number of hydrogen-bond acceptors (Lipinski definition) is 2. The molecule has 62 valence electrons. The summed E-state index contributed by atoms with van der Waals surface area (Å²) in [7, 11) is 0. The summed E-state index contributed by atoms with van der Waals surface area (Å²) in [5, 5.41) is 11.8. The van der Waals surface area contributed by atoms with Crippen molar-refractivity contribution >= 4 is 0 Å². The predicted octanol–water partition coefficient (Wildman–Crippen LogP) is 1.67. The molecule has 1 aromatic carbocycles. The maximum absolute atomic E-state index is 8.62. The van der Waals surface area contributed by atoms with Crippen molar-refractivity contribution in [3.8, 4) is 6.07 Å². The maximum Gasteiger partial charge on any atom is 0.0991 e. The van der Waals surface area contributed by atoms with Crippen molar-refractivity contribution in [2.24, 2.45) is 0 Å². The molecule has 0 atom stereocenters. The van der Waals surface area contributed by atoms with Gasteiger partial charge in [-0.25, -0.2) is 0 Å². The van der Waals surface area contributed by atoms with Gasteiger partial charge < -0.3 is 5.32 Å². The highest BCUT2D eigenvalue weighted by Crippen LogP contribution is 2.03. The van der Waals surface area contributed by atoms with E-state index in [0.717, 1.165) is 24.2 Å². The van der Waals surface area contributed by atoms with Gasteiger partial charge in [-0.15, -0.1) is 0 Å². The van der Waals surface area contributed by atoms with Gasteiger partial charge in [0.25, 0.3) is 0 Å². The molecule has 12 heavy (non-hydrogen) atoms. The summed E-state index contributed by atoms with van der Waals surface area (Å²) in [6.07, 6.45) is 0. The van der Waals surface area contributed by atoms with Crippen LogP contribution in [0, 0.1) is 11.3 Å². The van der Waals surface area contributed by atoms with Crippen LogP contribution in [0.5, 0.6) is 0 Å². The molecule has 2 nitrogen and oxygen atoms in total. The van der Waals surface area contributed by atoms with Crippen LogP contribution in [0.3, 0.4) is 0 Å². The second kappa shape index (κ2) is 4.53. The molecule has 0 heterocycles. The zero-order valence-electron chi connectivity index (χ0n) is 7.17. The van der Waals surface area contributed by atoms with Crippen LogP contribution >= 0.6 is 0 Å².